The molecule has 2 heteroatoms. The van der Waals surface area contributed by atoms with E-state index >= 15 is 0 Å². The lowest BCUT2D eigenvalue weighted by molar-refractivity contribution is 0.870. The lowest BCUT2D eigenvalue weighted by atomic mass is 10.4. The Labute approximate surface area is 57.9 Å². The molecule has 0 fully saturated rings. The zero-order valence-electron chi connectivity index (χ0n) is 5.52. The molecule has 0 aliphatic carbocycles. The third-order valence-corrected chi connectivity index (χ3v) is 5.25. The second-order valence-corrected chi connectivity index (χ2v) is 6.08. The van der Waals surface area contributed by atoms with E-state index in [0.29, 0.717) is 5.54 Å². The van der Waals surface area contributed by atoms with Gasteiger partial charge in [0.05, 0.1) is 0 Å². The van der Waals surface area contributed by atoms with Crippen LogP contribution in [-0.2, 0) is 0 Å². The summed E-state index contributed by atoms with van der Waals surface area (Å²) < 4.78 is 0. The maximum absolute atomic E-state index is 5.94. The highest BCUT2D eigenvalue weighted by atomic mass is 35.6. The summed E-state index contributed by atoms with van der Waals surface area (Å²) in [6, 6.07) is 0. The smallest absolute Gasteiger partial charge is 0.166 e. The van der Waals surface area contributed by atoms with Crippen molar-refractivity contribution in [2.45, 2.75) is 25.8 Å². The average Bonchev–Trinajstić information content (AvgIpc) is 1.84. The monoisotopic (exact) mass is 148 g/mol. The van der Waals surface area contributed by atoms with Crippen molar-refractivity contribution in [2.75, 3.05) is 0 Å². The Balaban J connectivity index is 3.44. The van der Waals surface area contributed by atoms with E-state index < -0.39 is 8.11 Å². The van der Waals surface area contributed by atoms with Crippen LogP contribution in [-0.4, -0.2) is 8.11 Å². The van der Waals surface area contributed by atoms with Crippen LogP contribution in [0, 0.1) is 0 Å². The van der Waals surface area contributed by atoms with Crippen LogP contribution in [0.4, 0.5) is 0 Å². The maximum Gasteiger partial charge on any atom is 0.166 e. The minimum absolute atomic E-state index is 0.703. The van der Waals surface area contributed by atoms with Crippen molar-refractivity contribution in [1.82, 2.24) is 0 Å². The molecule has 0 radical (unpaired) electrons. The molecule has 0 nitrogen and oxygen atoms in total. The van der Waals surface area contributed by atoms with E-state index in [9.17, 15) is 0 Å². The number of rotatable bonds is 3. The largest absolute Gasteiger partial charge is 0.166 e. The SMILES string of the molecule is C=C[SiH](Cl)C(C)CC. The lowest BCUT2D eigenvalue weighted by Crippen LogP contribution is -2.05. The molecule has 0 aliphatic heterocycles. The van der Waals surface area contributed by atoms with Gasteiger partial charge in [-0.15, -0.1) is 6.58 Å². The molecule has 0 amide bonds. The molecule has 0 aromatic rings. The van der Waals surface area contributed by atoms with E-state index in [4.69, 9.17) is 11.1 Å². The Hall–Kier alpha value is 0.247. The van der Waals surface area contributed by atoms with Gasteiger partial charge in [0.2, 0.25) is 0 Å². The summed E-state index contributed by atoms with van der Waals surface area (Å²) >= 11 is 5.94. The van der Waals surface area contributed by atoms with Crippen molar-refractivity contribution < 1.29 is 0 Å². The molecule has 0 aliphatic rings. The van der Waals surface area contributed by atoms with E-state index in [1.807, 2.05) is 5.70 Å². The van der Waals surface area contributed by atoms with Gasteiger partial charge in [-0.1, -0.05) is 26.0 Å². The normalized spacial score (nSPS) is 17.4. The highest BCUT2D eigenvalue weighted by Crippen LogP contribution is 2.16. The van der Waals surface area contributed by atoms with Crippen LogP contribution in [0.1, 0.15) is 20.3 Å². The first-order valence-electron chi connectivity index (χ1n) is 2.99. The third-order valence-electron chi connectivity index (χ3n) is 1.41. The summed E-state index contributed by atoms with van der Waals surface area (Å²) in [4.78, 5) is 0. The van der Waals surface area contributed by atoms with Gasteiger partial charge in [0, 0.05) is 0 Å². The Bertz CT molecular complexity index is 72.9. The summed E-state index contributed by atoms with van der Waals surface area (Å²) in [7, 11) is -1.04. The first-order chi connectivity index (χ1) is 3.72. The maximum atomic E-state index is 5.94. The minimum atomic E-state index is -1.04. The standard InChI is InChI=1S/C6H13ClSi/c1-4-6(3)8(7)5-2/h5-6,8H,2,4H2,1,3H3. The van der Waals surface area contributed by atoms with Gasteiger partial charge in [0.15, 0.2) is 8.11 Å². The van der Waals surface area contributed by atoms with Gasteiger partial charge in [-0.05, 0) is 5.54 Å². The summed E-state index contributed by atoms with van der Waals surface area (Å²) in [6.07, 6.45) is 1.19. The predicted molar refractivity (Wildman–Crippen MR) is 42.9 cm³/mol. The Morgan fingerprint density at radius 2 is 2.38 bits per heavy atom. The fraction of sp³-hybridized carbons (Fsp3) is 0.667. The van der Waals surface area contributed by atoms with Gasteiger partial charge in [-0.2, -0.15) is 11.1 Å². The second kappa shape index (κ2) is 4.16. The van der Waals surface area contributed by atoms with Crippen LogP contribution in [0.2, 0.25) is 5.54 Å². The topological polar surface area (TPSA) is 0 Å². The van der Waals surface area contributed by atoms with Gasteiger partial charge in [-0.3, -0.25) is 0 Å². The van der Waals surface area contributed by atoms with Crippen molar-refractivity contribution in [3.8, 4) is 0 Å². The molecule has 0 saturated heterocycles. The molecule has 48 valence electrons. The predicted octanol–water partition coefficient (Wildman–Crippen LogP) is 2.47. The third kappa shape index (κ3) is 2.53. The summed E-state index contributed by atoms with van der Waals surface area (Å²) in [5.41, 5.74) is 2.63. The minimum Gasteiger partial charge on any atom is -0.166 e. The second-order valence-electron chi connectivity index (χ2n) is 2.07. The summed E-state index contributed by atoms with van der Waals surface area (Å²) in [5, 5.41) is 0. The average molecular weight is 149 g/mol. The van der Waals surface area contributed by atoms with Crippen LogP contribution < -0.4 is 0 Å². The highest BCUT2D eigenvalue weighted by Gasteiger charge is 2.08. The van der Waals surface area contributed by atoms with Gasteiger partial charge in [-0.25, -0.2) is 0 Å². The first-order valence-corrected chi connectivity index (χ1v) is 6.06. The molecule has 0 spiro atoms. The van der Waals surface area contributed by atoms with Crippen LogP contribution in [0.25, 0.3) is 0 Å². The molecular weight excluding hydrogens is 136 g/mol. The van der Waals surface area contributed by atoms with Gasteiger partial charge < -0.3 is 0 Å². The van der Waals surface area contributed by atoms with Crippen LogP contribution >= 0.6 is 11.1 Å². The lowest BCUT2D eigenvalue weighted by Gasteiger charge is -2.07. The van der Waals surface area contributed by atoms with Crippen LogP contribution in [0.3, 0.4) is 0 Å². The molecule has 0 N–H and O–H groups in total. The highest BCUT2D eigenvalue weighted by molar-refractivity contribution is 7.10. The van der Waals surface area contributed by atoms with E-state index in [-0.39, 0.29) is 0 Å². The van der Waals surface area contributed by atoms with Crippen LogP contribution in [0.15, 0.2) is 12.3 Å². The first kappa shape index (κ1) is 8.25. The zero-order valence-corrected chi connectivity index (χ0v) is 7.43. The van der Waals surface area contributed by atoms with Crippen molar-refractivity contribution in [1.29, 1.82) is 0 Å². The molecule has 8 heavy (non-hydrogen) atoms. The molecule has 2 unspecified atom stereocenters. The van der Waals surface area contributed by atoms with Gasteiger partial charge in [0.1, 0.15) is 0 Å². The van der Waals surface area contributed by atoms with E-state index in [1.165, 1.54) is 6.42 Å². The molecule has 0 saturated carbocycles. The fourth-order valence-corrected chi connectivity index (χ4v) is 1.91. The van der Waals surface area contributed by atoms with Crippen molar-refractivity contribution in [3.63, 3.8) is 0 Å². The van der Waals surface area contributed by atoms with Gasteiger partial charge in [0.25, 0.3) is 0 Å². The zero-order chi connectivity index (χ0) is 6.57. The molecular formula is C6H13ClSi. The van der Waals surface area contributed by atoms with Crippen LogP contribution in [0.5, 0.6) is 0 Å². The molecule has 0 aromatic carbocycles. The van der Waals surface area contributed by atoms with Crippen molar-refractivity contribution in [3.05, 3.63) is 12.3 Å². The Kier molecular flexibility index (Phi) is 4.29. The van der Waals surface area contributed by atoms with E-state index in [1.54, 1.807) is 0 Å². The molecule has 0 rings (SSSR count). The summed E-state index contributed by atoms with van der Waals surface area (Å²) in [5.74, 6) is 0. The molecule has 2 atom stereocenters. The quantitative estimate of drug-likeness (QED) is 0.426. The molecule has 0 aromatic heterocycles. The molecule has 0 heterocycles. The van der Waals surface area contributed by atoms with Gasteiger partial charge >= 0.3 is 0 Å². The number of halogens is 1. The Morgan fingerprint density at radius 1 is 1.88 bits per heavy atom. The van der Waals surface area contributed by atoms with E-state index in [0.717, 1.165) is 0 Å². The molecule has 0 bridgehead atoms. The number of hydrogen-bond acceptors (Lipinski definition) is 0. The summed E-state index contributed by atoms with van der Waals surface area (Å²) in [6.45, 7) is 8.01. The van der Waals surface area contributed by atoms with Crippen molar-refractivity contribution >= 4 is 19.2 Å². The Morgan fingerprint density at radius 3 is 2.50 bits per heavy atom. The van der Waals surface area contributed by atoms with E-state index in [2.05, 4.69) is 20.4 Å². The van der Waals surface area contributed by atoms with Crippen molar-refractivity contribution in [2.24, 2.45) is 0 Å². The fourth-order valence-electron chi connectivity index (χ4n) is 0.457. The number of hydrogen-bond donors (Lipinski definition) is 0.